The lowest BCUT2D eigenvalue weighted by molar-refractivity contribution is 0.106. The highest BCUT2D eigenvalue weighted by Crippen LogP contribution is 2.22. The van der Waals surface area contributed by atoms with Gasteiger partial charge in [0.25, 0.3) is 0 Å². The largest absolute Gasteiger partial charge is 0.287 e. The summed E-state index contributed by atoms with van der Waals surface area (Å²) in [6, 6.07) is 25.1. The van der Waals surface area contributed by atoms with Gasteiger partial charge in [-0.2, -0.15) is 5.10 Å². The zero-order valence-electron chi connectivity index (χ0n) is 15.0. The molecule has 0 unspecified atom stereocenters. The molecule has 3 aromatic carbocycles. The fraction of sp³-hybridized carbons (Fsp3) is 0.125. The van der Waals surface area contributed by atoms with Gasteiger partial charge in [0.05, 0.1) is 6.21 Å². The summed E-state index contributed by atoms with van der Waals surface area (Å²) in [7, 11) is 0. The Morgan fingerprint density at radius 1 is 0.778 bits per heavy atom. The van der Waals surface area contributed by atoms with Crippen LogP contribution >= 0.6 is 0 Å². The van der Waals surface area contributed by atoms with E-state index in [-0.39, 0.29) is 5.78 Å². The average Bonchev–Trinajstić information content (AvgIpc) is 3.20. The van der Waals surface area contributed by atoms with Gasteiger partial charge in [0.15, 0.2) is 0 Å². The van der Waals surface area contributed by atoms with E-state index in [2.05, 4.69) is 28.4 Å². The normalized spacial score (nSPS) is 13.7. The molecular weight excluding hydrogens is 332 g/mol. The van der Waals surface area contributed by atoms with Gasteiger partial charge >= 0.3 is 0 Å². The maximum absolute atomic E-state index is 12.9. The number of nitrogens with zero attached hydrogens (tertiary/aromatic N) is 2. The van der Waals surface area contributed by atoms with Crippen LogP contribution in [0.2, 0.25) is 0 Å². The molecule has 3 heteroatoms. The second kappa shape index (κ2) is 7.92. The first kappa shape index (κ1) is 17.1. The Kier molecular flexibility index (Phi) is 5.01. The summed E-state index contributed by atoms with van der Waals surface area (Å²) >= 11 is 0. The minimum Gasteiger partial charge on any atom is -0.287 e. The Morgan fingerprint density at radius 3 is 2.19 bits per heavy atom. The van der Waals surface area contributed by atoms with Crippen LogP contribution in [-0.2, 0) is 12.8 Å². The molecule has 0 aromatic heterocycles. The van der Waals surface area contributed by atoms with Gasteiger partial charge in [0, 0.05) is 11.1 Å². The highest BCUT2D eigenvalue weighted by molar-refractivity contribution is 6.51. The van der Waals surface area contributed by atoms with Crippen LogP contribution in [-0.4, -0.2) is 17.7 Å². The molecular formula is C24H20N2O. The van der Waals surface area contributed by atoms with Crippen molar-refractivity contribution in [1.29, 1.82) is 0 Å². The number of aryl methyl sites for hydroxylation is 2. The third-order valence-electron chi connectivity index (χ3n) is 4.79. The third kappa shape index (κ3) is 3.93. The molecule has 0 aliphatic heterocycles. The number of fused-ring (bicyclic) bond motifs is 1. The number of hydrogen-bond acceptors (Lipinski definition) is 3. The van der Waals surface area contributed by atoms with Gasteiger partial charge < -0.3 is 0 Å². The van der Waals surface area contributed by atoms with Crippen molar-refractivity contribution in [2.45, 2.75) is 19.3 Å². The second-order valence-electron chi connectivity index (χ2n) is 6.64. The van der Waals surface area contributed by atoms with Crippen LogP contribution in [0.1, 0.15) is 39.0 Å². The molecule has 0 heterocycles. The number of hydrogen-bond donors (Lipinski definition) is 0. The summed E-state index contributed by atoms with van der Waals surface area (Å²) in [5.74, 6) is -0.132. The Morgan fingerprint density at radius 2 is 1.44 bits per heavy atom. The first-order chi connectivity index (χ1) is 13.3. The molecule has 0 radical (unpaired) electrons. The van der Waals surface area contributed by atoms with Crippen LogP contribution in [0.15, 0.2) is 89.1 Å². The fourth-order valence-electron chi connectivity index (χ4n) is 3.38. The number of Topliss-reactive ketones (excluding diaryl/α,β-unsaturated/α-hetero) is 1. The van der Waals surface area contributed by atoms with Crippen molar-refractivity contribution in [2.24, 2.45) is 10.2 Å². The number of carbonyl (C=O) groups is 1. The van der Waals surface area contributed by atoms with Crippen molar-refractivity contribution in [3.8, 4) is 0 Å². The summed E-state index contributed by atoms with van der Waals surface area (Å²) < 4.78 is 0. The van der Waals surface area contributed by atoms with Crippen molar-refractivity contribution in [1.82, 2.24) is 0 Å². The van der Waals surface area contributed by atoms with E-state index < -0.39 is 0 Å². The predicted molar refractivity (Wildman–Crippen MR) is 110 cm³/mol. The molecule has 1 aliphatic carbocycles. The van der Waals surface area contributed by atoms with E-state index in [9.17, 15) is 4.79 Å². The maximum Gasteiger partial charge on any atom is 0.213 e. The molecule has 4 rings (SSSR count). The van der Waals surface area contributed by atoms with Crippen molar-refractivity contribution in [2.75, 3.05) is 0 Å². The quantitative estimate of drug-likeness (QED) is 0.366. The van der Waals surface area contributed by atoms with E-state index in [4.69, 9.17) is 0 Å². The van der Waals surface area contributed by atoms with Gasteiger partial charge in [0.2, 0.25) is 5.78 Å². The zero-order chi connectivity index (χ0) is 18.5. The average molecular weight is 352 g/mol. The van der Waals surface area contributed by atoms with Gasteiger partial charge in [-0.05, 0) is 42.0 Å². The van der Waals surface area contributed by atoms with Crippen LogP contribution in [0.3, 0.4) is 0 Å². The molecule has 3 aromatic rings. The predicted octanol–water partition coefficient (Wildman–Crippen LogP) is 4.88. The molecule has 0 atom stereocenters. The standard InChI is InChI=1S/C24H20N2O/c27-24(21-10-5-2-6-11-21)23(20-8-3-1-4-9-20)26-25-17-18-14-15-19-12-7-13-22(19)16-18/h1-6,8-11,14-17H,7,12-13H2/b25-17+,26-23+. The lowest BCUT2D eigenvalue weighted by Gasteiger charge is -2.04. The lowest BCUT2D eigenvalue weighted by Crippen LogP contribution is -2.15. The minimum atomic E-state index is -0.132. The summed E-state index contributed by atoms with van der Waals surface area (Å²) in [5, 5.41) is 8.53. The number of carbonyl (C=O) groups excluding carboxylic acids is 1. The topological polar surface area (TPSA) is 41.8 Å². The molecule has 0 spiro atoms. The van der Waals surface area contributed by atoms with E-state index in [1.165, 1.54) is 17.5 Å². The molecule has 0 saturated carbocycles. The van der Waals surface area contributed by atoms with Crippen LogP contribution < -0.4 is 0 Å². The first-order valence-electron chi connectivity index (χ1n) is 9.19. The highest BCUT2D eigenvalue weighted by Gasteiger charge is 2.16. The highest BCUT2D eigenvalue weighted by atomic mass is 16.1. The van der Waals surface area contributed by atoms with Crippen LogP contribution in [0.25, 0.3) is 0 Å². The molecule has 0 saturated heterocycles. The van der Waals surface area contributed by atoms with Crippen molar-refractivity contribution in [3.05, 3.63) is 107 Å². The third-order valence-corrected chi connectivity index (χ3v) is 4.79. The van der Waals surface area contributed by atoms with E-state index in [0.717, 1.165) is 24.0 Å². The number of rotatable bonds is 5. The molecule has 1 aliphatic rings. The Labute approximate surface area is 159 Å². The fourth-order valence-corrected chi connectivity index (χ4v) is 3.38. The molecule has 3 nitrogen and oxygen atoms in total. The number of ketones is 1. The molecule has 0 fully saturated rings. The van der Waals surface area contributed by atoms with E-state index >= 15 is 0 Å². The van der Waals surface area contributed by atoms with Crippen LogP contribution in [0.4, 0.5) is 0 Å². The summed E-state index contributed by atoms with van der Waals surface area (Å²) in [6.45, 7) is 0. The molecule has 0 N–H and O–H groups in total. The maximum atomic E-state index is 12.9. The molecule has 27 heavy (non-hydrogen) atoms. The van der Waals surface area contributed by atoms with Gasteiger partial charge in [-0.15, -0.1) is 5.10 Å². The van der Waals surface area contributed by atoms with E-state index in [1.807, 2.05) is 48.5 Å². The second-order valence-corrected chi connectivity index (χ2v) is 6.64. The minimum absolute atomic E-state index is 0.132. The monoisotopic (exact) mass is 352 g/mol. The van der Waals surface area contributed by atoms with E-state index in [0.29, 0.717) is 11.3 Å². The lowest BCUT2D eigenvalue weighted by atomic mass is 10.0. The Balaban J connectivity index is 1.65. The van der Waals surface area contributed by atoms with Gasteiger partial charge in [0.1, 0.15) is 5.71 Å². The smallest absolute Gasteiger partial charge is 0.213 e. The summed E-state index contributed by atoms with van der Waals surface area (Å²) in [4.78, 5) is 12.9. The van der Waals surface area contributed by atoms with Crippen molar-refractivity contribution in [3.63, 3.8) is 0 Å². The zero-order valence-corrected chi connectivity index (χ0v) is 15.0. The van der Waals surface area contributed by atoms with Gasteiger partial charge in [-0.25, -0.2) is 0 Å². The summed E-state index contributed by atoms with van der Waals surface area (Å²) in [5.41, 5.74) is 5.55. The molecule has 0 amide bonds. The van der Waals surface area contributed by atoms with Gasteiger partial charge in [-0.1, -0.05) is 72.8 Å². The van der Waals surface area contributed by atoms with Crippen LogP contribution in [0, 0.1) is 0 Å². The first-order valence-corrected chi connectivity index (χ1v) is 9.19. The van der Waals surface area contributed by atoms with Crippen LogP contribution in [0.5, 0.6) is 0 Å². The van der Waals surface area contributed by atoms with Crippen molar-refractivity contribution >= 4 is 17.7 Å². The van der Waals surface area contributed by atoms with Crippen molar-refractivity contribution < 1.29 is 4.79 Å². The van der Waals surface area contributed by atoms with Gasteiger partial charge in [-0.3, -0.25) is 4.79 Å². The summed E-state index contributed by atoms with van der Waals surface area (Å²) in [6.07, 6.45) is 5.23. The molecule has 0 bridgehead atoms. The Hall–Kier alpha value is -3.33. The SMILES string of the molecule is O=C(/C(=N/N=C/c1ccc2c(c1)CCC2)c1ccccc1)c1ccccc1. The van der Waals surface area contributed by atoms with E-state index in [1.54, 1.807) is 18.3 Å². The Bertz CT molecular complexity index is 1010. The number of benzene rings is 3. The molecule has 132 valence electrons.